The molecule has 0 spiro atoms. The van der Waals surface area contributed by atoms with Gasteiger partial charge in [0.2, 0.25) is 0 Å². The molecule has 0 bridgehead atoms. The molecule has 5 nitrogen and oxygen atoms in total. The van der Waals surface area contributed by atoms with Gasteiger partial charge in [0.25, 0.3) is 10.2 Å². The van der Waals surface area contributed by atoms with Crippen LogP contribution in [-0.2, 0) is 21.7 Å². The third-order valence-electron chi connectivity index (χ3n) is 1.30. The molecule has 0 fully saturated rings. The summed E-state index contributed by atoms with van der Waals surface area (Å²) in [6.45, 7) is 0.0665. The van der Waals surface area contributed by atoms with Gasteiger partial charge in [0.15, 0.2) is 0 Å². The van der Waals surface area contributed by atoms with Gasteiger partial charge in [0.1, 0.15) is 0 Å². The average Bonchev–Trinajstić information content (AvgIpc) is 2.01. The first kappa shape index (κ1) is 11.4. The van der Waals surface area contributed by atoms with Crippen LogP contribution in [0.15, 0.2) is 24.3 Å². The number of nitrogens with two attached hydrogens (primary N) is 1. The Bertz CT molecular complexity index is 407. The van der Waals surface area contributed by atoms with Crippen molar-refractivity contribution in [1.82, 2.24) is 4.89 Å². The Morgan fingerprint density at radius 1 is 1.50 bits per heavy atom. The van der Waals surface area contributed by atoms with Gasteiger partial charge >= 0.3 is 0 Å². The van der Waals surface area contributed by atoms with Crippen LogP contribution in [0, 0.1) is 0 Å². The molecule has 0 amide bonds. The summed E-state index contributed by atoms with van der Waals surface area (Å²) in [7, 11) is -3.81. The SMILES string of the molecule is NS(=O)(=O)NOCc1cccc(Cl)c1. The molecule has 0 saturated carbocycles. The van der Waals surface area contributed by atoms with Crippen molar-refractivity contribution in [3.8, 4) is 0 Å². The van der Waals surface area contributed by atoms with Crippen LogP contribution < -0.4 is 10.0 Å². The summed E-state index contributed by atoms with van der Waals surface area (Å²) in [4.78, 5) is 6.31. The van der Waals surface area contributed by atoms with E-state index in [-0.39, 0.29) is 6.61 Å². The molecule has 0 saturated heterocycles. The number of nitrogens with one attached hydrogen (secondary N) is 1. The Hall–Kier alpha value is -0.660. The molecule has 1 rings (SSSR count). The molecule has 3 N–H and O–H groups in total. The Balaban J connectivity index is 2.47. The molecule has 1 aromatic rings. The van der Waals surface area contributed by atoms with Gasteiger partial charge in [0, 0.05) is 5.02 Å². The topological polar surface area (TPSA) is 81.4 Å². The molecule has 0 heterocycles. The zero-order chi connectivity index (χ0) is 10.6. The van der Waals surface area contributed by atoms with Gasteiger partial charge in [0.05, 0.1) is 6.61 Å². The standard InChI is InChI=1S/C7H9ClN2O3S/c8-7-3-1-2-6(4-7)5-13-10-14(9,11)12/h1-4,10H,5H2,(H2,9,11,12). The van der Waals surface area contributed by atoms with Gasteiger partial charge in [-0.2, -0.15) is 8.42 Å². The summed E-state index contributed by atoms with van der Waals surface area (Å²) in [6.07, 6.45) is 0. The van der Waals surface area contributed by atoms with E-state index >= 15 is 0 Å². The van der Waals surface area contributed by atoms with E-state index in [2.05, 4.69) is 9.98 Å². The van der Waals surface area contributed by atoms with Crippen LogP contribution >= 0.6 is 11.6 Å². The van der Waals surface area contributed by atoms with Crippen molar-refractivity contribution in [2.45, 2.75) is 6.61 Å². The maximum Gasteiger partial charge on any atom is 0.296 e. The number of halogens is 1. The molecule has 0 aromatic heterocycles. The third kappa shape index (κ3) is 4.54. The monoisotopic (exact) mass is 236 g/mol. The molecule has 78 valence electrons. The number of benzene rings is 1. The Morgan fingerprint density at radius 3 is 2.79 bits per heavy atom. The fraction of sp³-hybridized carbons (Fsp3) is 0.143. The Morgan fingerprint density at radius 2 is 2.21 bits per heavy atom. The van der Waals surface area contributed by atoms with Crippen LogP contribution in [0.2, 0.25) is 5.02 Å². The molecule has 7 heteroatoms. The van der Waals surface area contributed by atoms with Crippen LogP contribution in [0.1, 0.15) is 5.56 Å². The van der Waals surface area contributed by atoms with Gasteiger partial charge in [-0.3, -0.25) is 4.84 Å². The lowest BCUT2D eigenvalue weighted by molar-refractivity contribution is 0.0796. The van der Waals surface area contributed by atoms with Crippen molar-refractivity contribution in [3.63, 3.8) is 0 Å². The highest BCUT2D eigenvalue weighted by atomic mass is 35.5. The minimum absolute atomic E-state index is 0.0665. The second kappa shape index (κ2) is 4.72. The quantitative estimate of drug-likeness (QED) is 0.750. The molecule has 0 atom stereocenters. The third-order valence-corrected chi connectivity index (χ3v) is 1.89. The minimum Gasteiger partial charge on any atom is -0.281 e. The van der Waals surface area contributed by atoms with Crippen LogP contribution in [0.25, 0.3) is 0 Å². The molecule has 14 heavy (non-hydrogen) atoms. The fourth-order valence-corrected chi connectivity index (χ4v) is 1.26. The van der Waals surface area contributed by atoms with Gasteiger partial charge in [-0.15, -0.1) is 0 Å². The normalized spacial score (nSPS) is 11.6. The molecular weight excluding hydrogens is 228 g/mol. The predicted octanol–water partition coefficient (Wildman–Crippen LogP) is 0.565. The Labute approximate surface area is 87.0 Å². The van der Waals surface area contributed by atoms with E-state index in [4.69, 9.17) is 11.6 Å². The summed E-state index contributed by atoms with van der Waals surface area (Å²) in [5.74, 6) is 0. The van der Waals surface area contributed by atoms with Crippen LogP contribution in [0.3, 0.4) is 0 Å². The van der Waals surface area contributed by atoms with Crippen LogP contribution in [-0.4, -0.2) is 8.42 Å². The van der Waals surface area contributed by atoms with Crippen LogP contribution in [0.5, 0.6) is 0 Å². The fourth-order valence-electron chi connectivity index (χ4n) is 0.822. The van der Waals surface area contributed by atoms with Crippen molar-refractivity contribution in [3.05, 3.63) is 34.9 Å². The molecule has 0 aliphatic heterocycles. The summed E-state index contributed by atoms with van der Waals surface area (Å²) in [6, 6.07) is 6.85. The Kier molecular flexibility index (Phi) is 3.85. The van der Waals surface area contributed by atoms with Crippen molar-refractivity contribution in [1.29, 1.82) is 0 Å². The lowest BCUT2D eigenvalue weighted by Gasteiger charge is -2.03. The zero-order valence-electron chi connectivity index (χ0n) is 7.10. The van der Waals surface area contributed by atoms with Gasteiger partial charge in [-0.1, -0.05) is 28.6 Å². The smallest absolute Gasteiger partial charge is 0.281 e. The first-order chi connectivity index (χ1) is 6.47. The van der Waals surface area contributed by atoms with E-state index in [0.717, 1.165) is 5.56 Å². The number of hydrogen-bond acceptors (Lipinski definition) is 3. The summed E-state index contributed by atoms with van der Waals surface area (Å²) >= 11 is 5.69. The van der Waals surface area contributed by atoms with Crippen LogP contribution in [0.4, 0.5) is 0 Å². The van der Waals surface area contributed by atoms with Crippen molar-refractivity contribution in [2.24, 2.45) is 5.14 Å². The summed E-state index contributed by atoms with van der Waals surface area (Å²) < 4.78 is 20.8. The van der Waals surface area contributed by atoms with E-state index in [1.165, 1.54) is 0 Å². The lowest BCUT2D eigenvalue weighted by Crippen LogP contribution is -2.30. The van der Waals surface area contributed by atoms with Crippen molar-refractivity contribution >= 4 is 21.8 Å². The van der Waals surface area contributed by atoms with Gasteiger partial charge in [-0.05, 0) is 17.7 Å². The van der Waals surface area contributed by atoms with E-state index in [9.17, 15) is 8.42 Å². The molecule has 0 unspecified atom stereocenters. The second-order valence-electron chi connectivity index (χ2n) is 2.55. The van der Waals surface area contributed by atoms with E-state index in [0.29, 0.717) is 5.02 Å². The van der Waals surface area contributed by atoms with Gasteiger partial charge in [-0.25, -0.2) is 5.14 Å². The molecule has 0 radical (unpaired) electrons. The maximum absolute atomic E-state index is 10.4. The zero-order valence-corrected chi connectivity index (χ0v) is 8.68. The molecular formula is C7H9ClN2O3S. The van der Waals surface area contributed by atoms with E-state index in [1.54, 1.807) is 29.2 Å². The number of hydrogen-bond donors (Lipinski definition) is 2. The molecule has 0 aliphatic rings. The highest BCUT2D eigenvalue weighted by Gasteiger charge is 2.00. The first-order valence-corrected chi connectivity index (χ1v) is 5.55. The maximum atomic E-state index is 10.4. The molecule has 0 aliphatic carbocycles. The lowest BCUT2D eigenvalue weighted by atomic mass is 10.2. The molecule has 1 aromatic carbocycles. The van der Waals surface area contributed by atoms with E-state index in [1.807, 2.05) is 0 Å². The minimum atomic E-state index is -3.81. The van der Waals surface area contributed by atoms with Crippen molar-refractivity contribution in [2.75, 3.05) is 0 Å². The highest BCUT2D eigenvalue weighted by Crippen LogP contribution is 2.10. The predicted molar refractivity (Wildman–Crippen MR) is 52.5 cm³/mol. The highest BCUT2D eigenvalue weighted by molar-refractivity contribution is 7.87. The first-order valence-electron chi connectivity index (χ1n) is 3.63. The summed E-state index contributed by atoms with van der Waals surface area (Å²) in [5.41, 5.74) is 0.744. The number of rotatable bonds is 4. The largest absolute Gasteiger partial charge is 0.296 e. The van der Waals surface area contributed by atoms with Gasteiger partial charge < -0.3 is 0 Å². The van der Waals surface area contributed by atoms with Crippen molar-refractivity contribution < 1.29 is 13.3 Å². The van der Waals surface area contributed by atoms with E-state index < -0.39 is 10.2 Å². The second-order valence-corrected chi connectivity index (χ2v) is 4.24. The average molecular weight is 237 g/mol. The summed E-state index contributed by atoms with van der Waals surface area (Å²) in [5, 5.41) is 5.20.